The van der Waals surface area contributed by atoms with E-state index in [2.05, 4.69) is 27.8 Å². The molecule has 0 aliphatic heterocycles. The van der Waals surface area contributed by atoms with Crippen LogP contribution in [-0.2, 0) is 13.2 Å². The molecule has 2 rings (SSSR count). The van der Waals surface area contributed by atoms with E-state index in [-0.39, 0.29) is 6.61 Å². The average Bonchev–Trinajstić information content (AvgIpc) is 2.55. The average molecular weight is 431 g/mol. The summed E-state index contributed by atoms with van der Waals surface area (Å²) >= 11 is 15.9. The van der Waals surface area contributed by atoms with Gasteiger partial charge in [-0.25, -0.2) is 0 Å². The number of halogens is 3. The fourth-order valence-corrected chi connectivity index (χ4v) is 3.26. The van der Waals surface area contributed by atoms with Crippen LogP contribution in [0.4, 0.5) is 0 Å². The summed E-state index contributed by atoms with van der Waals surface area (Å²) in [5.41, 5.74) is 1.82. The number of ether oxygens (including phenoxy) is 2. The Morgan fingerprint density at radius 1 is 1.25 bits per heavy atom. The van der Waals surface area contributed by atoms with E-state index < -0.39 is 0 Å². The second kappa shape index (κ2) is 9.33. The van der Waals surface area contributed by atoms with Gasteiger partial charge in [0.1, 0.15) is 6.61 Å². The van der Waals surface area contributed by atoms with Gasteiger partial charge in [0.05, 0.1) is 11.6 Å². The van der Waals surface area contributed by atoms with E-state index >= 15 is 0 Å². The van der Waals surface area contributed by atoms with Crippen LogP contribution in [0.15, 0.2) is 47.5 Å². The molecule has 0 atom stereocenters. The molecular formula is C18H18BrCl2NO2. The van der Waals surface area contributed by atoms with Crippen LogP contribution in [0.3, 0.4) is 0 Å². The molecule has 0 radical (unpaired) electrons. The molecule has 24 heavy (non-hydrogen) atoms. The number of nitrogens with one attached hydrogen (secondary N) is 1. The highest BCUT2D eigenvalue weighted by molar-refractivity contribution is 9.10. The Hall–Kier alpha value is -1.20. The van der Waals surface area contributed by atoms with Crippen LogP contribution in [0.25, 0.3) is 0 Å². The molecule has 0 heterocycles. The quantitative estimate of drug-likeness (QED) is 0.435. The Morgan fingerprint density at radius 3 is 2.58 bits per heavy atom. The topological polar surface area (TPSA) is 30.5 Å². The summed E-state index contributed by atoms with van der Waals surface area (Å²) in [6.07, 6.45) is 1.82. The molecule has 0 aromatic heterocycles. The summed E-state index contributed by atoms with van der Waals surface area (Å²) in [5, 5.41) is 4.40. The lowest BCUT2D eigenvalue weighted by atomic mass is 10.2. The van der Waals surface area contributed by atoms with E-state index in [9.17, 15) is 0 Å². The molecule has 0 amide bonds. The van der Waals surface area contributed by atoms with Crippen LogP contribution in [0.2, 0.25) is 10.0 Å². The second-order valence-corrected chi connectivity index (χ2v) is 6.69. The van der Waals surface area contributed by atoms with Crippen LogP contribution in [0, 0.1) is 0 Å². The van der Waals surface area contributed by atoms with Crippen LogP contribution < -0.4 is 14.8 Å². The number of methoxy groups -OCH3 is 1. The molecule has 2 aromatic rings. The molecule has 0 aliphatic rings. The summed E-state index contributed by atoms with van der Waals surface area (Å²) in [7, 11) is 1.61. The van der Waals surface area contributed by atoms with Gasteiger partial charge in [0.2, 0.25) is 0 Å². The highest BCUT2D eigenvalue weighted by atomic mass is 79.9. The van der Waals surface area contributed by atoms with Crippen LogP contribution >= 0.6 is 39.1 Å². The molecule has 0 spiro atoms. The Bertz CT molecular complexity index is 702. The third kappa shape index (κ3) is 4.90. The van der Waals surface area contributed by atoms with Crippen molar-refractivity contribution < 1.29 is 9.47 Å². The first kappa shape index (κ1) is 19.1. The summed E-state index contributed by atoms with van der Waals surface area (Å²) < 4.78 is 12.2. The van der Waals surface area contributed by atoms with Crippen molar-refractivity contribution in [1.29, 1.82) is 0 Å². The van der Waals surface area contributed by atoms with Crippen molar-refractivity contribution in [2.24, 2.45) is 0 Å². The first-order valence-corrected chi connectivity index (χ1v) is 8.85. The van der Waals surface area contributed by atoms with E-state index in [4.69, 9.17) is 32.7 Å². The van der Waals surface area contributed by atoms with Crippen molar-refractivity contribution in [3.8, 4) is 11.5 Å². The maximum Gasteiger partial charge on any atom is 0.175 e. The van der Waals surface area contributed by atoms with Gasteiger partial charge in [-0.3, -0.25) is 0 Å². The van der Waals surface area contributed by atoms with Gasteiger partial charge in [0.15, 0.2) is 11.5 Å². The molecule has 0 saturated heterocycles. The summed E-state index contributed by atoms with van der Waals surface area (Å²) in [5.74, 6) is 1.25. The third-order valence-electron chi connectivity index (χ3n) is 3.33. The number of rotatable bonds is 8. The van der Waals surface area contributed by atoms with Crippen molar-refractivity contribution in [2.45, 2.75) is 13.2 Å². The van der Waals surface area contributed by atoms with Gasteiger partial charge < -0.3 is 14.8 Å². The van der Waals surface area contributed by atoms with Gasteiger partial charge in [-0.1, -0.05) is 35.3 Å². The summed E-state index contributed by atoms with van der Waals surface area (Å²) in [6, 6.07) is 9.29. The van der Waals surface area contributed by atoms with Crippen molar-refractivity contribution in [3.63, 3.8) is 0 Å². The highest BCUT2D eigenvalue weighted by Crippen LogP contribution is 2.38. The Kier molecular flexibility index (Phi) is 7.43. The standard InChI is InChI=1S/C18H18BrCl2NO2/c1-3-7-22-10-12-8-14(19)18(17(9-12)23-2)24-11-13-15(20)5-4-6-16(13)21/h3-6,8-9,22H,1,7,10-11H2,2H3. The minimum Gasteiger partial charge on any atom is -0.493 e. The van der Waals surface area contributed by atoms with Gasteiger partial charge in [0.25, 0.3) is 0 Å². The summed E-state index contributed by atoms with van der Waals surface area (Å²) in [6.45, 7) is 5.38. The van der Waals surface area contributed by atoms with Crippen molar-refractivity contribution in [3.05, 3.63) is 68.6 Å². The predicted molar refractivity (Wildman–Crippen MR) is 103 cm³/mol. The molecule has 0 unspecified atom stereocenters. The lowest BCUT2D eigenvalue weighted by molar-refractivity contribution is 0.282. The fraction of sp³-hybridized carbons (Fsp3) is 0.222. The first-order chi connectivity index (χ1) is 11.6. The molecule has 6 heteroatoms. The zero-order chi connectivity index (χ0) is 17.5. The van der Waals surface area contributed by atoms with E-state index in [1.165, 1.54) is 0 Å². The van der Waals surface area contributed by atoms with Crippen molar-refractivity contribution in [2.75, 3.05) is 13.7 Å². The van der Waals surface area contributed by atoms with E-state index in [1.54, 1.807) is 25.3 Å². The van der Waals surface area contributed by atoms with E-state index in [1.807, 2.05) is 18.2 Å². The summed E-state index contributed by atoms with van der Waals surface area (Å²) in [4.78, 5) is 0. The van der Waals surface area contributed by atoms with Gasteiger partial charge in [-0.05, 0) is 45.8 Å². The SMILES string of the molecule is C=CCNCc1cc(Br)c(OCc2c(Cl)cccc2Cl)c(OC)c1. The Morgan fingerprint density at radius 2 is 1.96 bits per heavy atom. The normalized spacial score (nSPS) is 10.5. The number of hydrogen-bond donors (Lipinski definition) is 1. The highest BCUT2D eigenvalue weighted by Gasteiger charge is 2.14. The van der Waals surface area contributed by atoms with Crippen LogP contribution in [0.1, 0.15) is 11.1 Å². The van der Waals surface area contributed by atoms with Gasteiger partial charge >= 0.3 is 0 Å². The monoisotopic (exact) mass is 429 g/mol. The van der Waals surface area contributed by atoms with Crippen LogP contribution in [0.5, 0.6) is 11.5 Å². The maximum atomic E-state index is 6.18. The Labute approximate surface area is 160 Å². The van der Waals surface area contributed by atoms with E-state index in [0.717, 1.165) is 22.1 Å². The first-order valence-electron chi connectivity index (χ1n) is 7.30. The molecule has 0 fully saturated rings. The van der Waals surface area contributed by atoms with Crippen LogP contribution in [-0.4, -0.2) is 13.7 Å². The number of benzene rings is 2. The van der Waals surface area contributed by atoms with E-state index in [0.29, 0.717) is 28.1 Å². The number of hydrogen-bond acceptors (Lipinski definition) is 3. The molecule has 3 nitrogen and oxygen atoms in total. The van der Waals surface area contributed by atoms with Gasteiger partial charge in [0, 0.05) is 28.7 Å². The maximum absolute atomic E-state index is 6.18. The minimum atomic E-state index is 0.252. The zero-order valence-corrected chi connectivity index (χ0v) is 16.3. The van der Waals surface area contributed by atoms with Crippen molar-refractivity contribution >= 4 is 39.1 Å². The second-order valence-electron chi connectivity index (χ2n) is 5.02. The molecule has 1 N–H and O–H groups in total. The molecule has 0 bridgehead atoms. The third-order valence-corrected chi connectivity index (χ3v) is 4.63. The smallest absolute Gasteiger partial charge is 0.175 e. The fourth-order valence-electron chi connectivity index (χ4n) is 2.15. The molecule has 0 saturated carbocycles. The molecule has 2 aromatic carbocycles. The molecular weight excluding hydrogens is 413 g/mol. The predicted octanol–water partition coefficient (Wildman–Crippen LogP) is 5.62. The van der Waals surface area contributed by atoms with Gasteiger partial charge in [-0.2, -0.15) is 0 Å². The Balaban J connectivity index is 2.19. The van der Waals surface area contributed by atoms with Crippen molar-refractivity contribution in [1.82, 2.24) is 5.32 Å². The van der Waals surface area contributed by atoms with Gasteiger partial charge in [-0.15, -0.1) is 6.58 Å². The lowest BCUT2D eigenvalue weighted by Gasteiger charge is -2.15. The molecule has 128 valence electrons. The largest absolute Gasteiger partial charge is 0.493 e. The minimum absolute atomic E-state index is 0.252. The lowest BCUT2D eigenvalue weighted by Crippen LogP contribution is -2.12. The zero-order valence-electron chi connectivity index (χ0n) is 13.2. The molecule has 0 aliphatic carbocycles.